The summed E-state index contributed by atoms with van der Waals surface area (Å²) in [5.74, 6) is 0.837. The monoisotopic (exact) mass is 341 g/mol. The maximum Gasteiger partial charge on any atom is 0.234 e. The van der Waals surface area contributed by atoms with E-state index in [0.717, 1.165) is 28.9 Å². The molecule has 0 radical (unpaired) electrons. The van der Waals surface area contributed by atoms with E-state index in [9.17, 15) is 4.79 Å². The summed E-state index contributed by atoms with van der Waals surface area (Å²) in [6.45, 7) is 1.89. The highest BCUT2D eigenvalue weighted by Gasteiger charge is 2.20. The van der Waals surface area contributed by atoms with Gasteiger partial charge in [0.25, 0.3) is 0 Å². The molecule has 2 N–H and O–H groups in total. The van der Waals surface area contributed by atoms with Crippen LogP contribution in [-0.2, 0) is 11.3 Å². The third kappa shape index (κ3) is 5.13. The van der Waals surface area contributed by atoms with Crippen molar-refractivity contribution in [3.8, 4) is 0 Å². The molecule has 0 unspecified atom stereocenters. The largest absolute Gasteiger partial charge is 0.351 e. The van der Waals surface area contributed by atoms with Gasteiger partial charge >= 0.3 is 0 Å². The number of nitrogens with zero attached hydrogens (tertiary/aromatic N) is 1. The number of nitrogens with one attached hydrogen (secondary N) is 2. The molecule has 22 heavy (non-hydrogen) atoms. The van der Waals surface area contributed by atoms with Crippen LogP contribution in [-0.4, -0.2) is 24.0 Å². The molecule has 0 spiro atoms. The number of halogens is 2. The maximum atomic E-state index is 11.8. The van der Waals surface area contributed by atoms with Crippen LogP contribution in [0.15, 0.2) is 36.5 Å². The lowest BCUT2D eigenvalue weighted by molar-refractivity contribution is -0.120. The van der Waals surface area contributed by atoms with Crippen molar-refractivity contribution in [3.63, 3.8) is 0 Å². The molecule has 6 heteroatoms. The lowest BCUT2D eigenvalue weighted by atomic mass is 10.1. The van der Waals surface area contributed by atoms with Crippen LogP contribution >= 0.6 is 24.8 Å². The third-order valence-corrected chi connectivity index (χ3v) is 3.61. The minimum Gasteiger partial charge on any atom is -0.351 e. The molecule has 4 nitrogen and oxygen atoms in total. The lowest BCUT2D eigenvalue weighted by Crippen LogP contribution is -2.34. The van der Waals surface area contributed by atoms with E-state index in [1.165, 1.54) is 12.8 Å². The molecule has 1 amide bonds. The number of hydrogen-bond acceptors (Lipinski definition) is 3. The number of pyridine rings is 1. The molecule has 3 rings (SSSR count). The Kier molecular flexibility index (Phi) is 7.59. The molecular weight excluding hydrogens is 321 g/mol. The van der Waals surface area contributed by atoms with Gasteiger partial charge in [-0.1, -0.05) is 24.3 Å². The molecule has 1 aliphatic rings. The first-order chi connectivity index (χ1) is 9.83. The Bertz CT molecular complexity index is 612. The van der Waals surface area contributed by atoms with Gasteiger partial charge in [-0.15, -0.1) is 24.8 Å². The van der Waals surface area contributed by atoms with Crippen molar-refractivity contribution in [2.24, 2.45) is 5.92 Å². The fourth-order valence-corrected chi connectivity index (χ4v) is 2.28. The molecule has 1 fully saturated rings. The van der Waals surface area contributed by atoms with Crippen molar-refractivity contribution in [2.45, 2.75) is 19.4 Å². The van der Waals surface area contributed by atoms with E-state index in [-0.39, 0.29) is 30.7 Å². The van der Waals surface area contributed by atoms with Crippen molar-refractivity contribution < 1.29 is 4.79 Å². The first kappa shape index (κ1) is 18.7. The Balaban J connectivity index is 0.00000121. The van der Waals surface area contributed by atoms with E-state index >= 15 is 0 Å². The van der Waals surface area contributed by atoms with Gasteiger partial charge in [-0.3, -0.25) is 9.78 Å². The van der Waals surface area contributed by atoms with Gasteiger partial charge in [0.2, 0.25) is 5.91 Å². The zero-order valence-electron chi connectivity index (χ0n) is 12.2. The van der Waals surface area contributed by atoms with Gasteiger partial charge in [0.1, 0.15) is 0 Å². The minimum atomic E-state index is 0. The van der Waals surface area contributed by atoms with Crippen LogP contribution < -0.4 is 10.6 Å². The highest BCUT2D eigenvalue weighted by atomic mass is 35.5. The number of benzene rings is 1. The maximum absolute atomic E-state index is 11.8. The number of carbonyl (C=O) groups is 1. The molecule has 2 aromatic rings. The quantitative estimate of drug-likeness (QED) is 0.849. The molecule has 120 valence electrons. The Morgan fingerprint density at radius 2 is 1.95 bits per heavy atom. The molecular formula is C16H21Cl2N3O. The highest BCUT2D eigenvalue weighted by molar-refractivity contribution is 5.85. The van der Waals surface area contributed by atoms with Crippen LogP contribution in [0.5, 0.6) is 0 Å². The van der Waals surface area contributed by atoms with Crippen LogP contribution in [0.25, 0.3) is 10.9 Å². The number of amides is 1. The summed E-state index contributed by atoms with van der Waals surface area (Å²) in [6, 6.07) is 9.99. The summed E-state index contributed by atoms with van der Waals surface area (Å²) in [5, 5.41) is 7.24. The van der Waals surface area contributed by atoms with Crippen molar-refractivity contribution in [3.05, 3.63) is 42.1 Å². The number of aromatic nitrogens is 1. The number of hydrogen-bond donors (Lipinski definition) is 2. The van der Waals surface area contributed by atoms with Crippen LogP contribution in [0.2, 0.25) is 0 Å². The first-order valence-electron chi connectivity index (χ1n) is 7.13. The Morgan fingerprint density at radius 1 is 1.18 bits per heavy atom. The molecule has 0 aliphatic heterocycles. The van der Waals surface area contributed by atoms with E-state index in [1.807, 2.05) is 30.3 Å². The summed E-state index contributed by atoms with van der Waals surface area (Å²) < 4.78 is 0. The zero-order chi connectivity index (χ0) is 13.8. The number of rotatable bonds is 6. The summed E-state index contributed by atoms with van der Waals surface area (Å²) in [6.07, 6.45) is 4.39. The lowest BCUT2D eigenvalue weighted by Gasteiger charge is -2.08. The van der Waals surface area contributed by atoms with Crippen LogP contribution in [0.1, 0.15) is 18.4 Å². The average Bonchev–Trinajstić information content (AvgIpc) is 3.29. The molecule has 0 bridgehead atoms. The smallest absolute Gasteiger partial charge is 0.234 e. The van der Waals surface area contributed by atoms with Crippen molar-refractivity contribution in [1.82, 2.24) is 15.6 Å². The predicted molar refractivity (Wildman–Crippen MR) is 93.7 cm³/mol. The molecule has 1 heterocycles. The molecule has 1 aromatic heterocycles. The molecule has 1 saturated carbocycles. The minimum absolute atomic E-state index is 0. The van der Waals surface area contributed by atoms with E-state index in [4.69, 9.17) is 0 Å². The van der Waals surface area contributed by atoms with Gasteiger partial charge in [-0.25, -0.2) is 0 Å². The fourth-order valence-electron chi connectivity index (χ4n) is 2.28. The van der Waals surface area contributed by atoms with Gasteiger partial charge in [0.05, 0.1) is 12.1 Å². The Morgan fingerprint density at radius 3 is 2.73 bits per heavy atom. The number of fused-ring (bicyclic) bond motifs is 1. The standard InChI is InChI=1S/C16H19N3O.2ClH/c20-15(11-17-9-12-6-7-12)19-10-14-4-1-3-13-5-2-8-18-16(13)14;;/h1-5,8,12,17H,6-7,9-11H2,(H,19,20);2*1H. The molecule has 0 atom stereocenters. The van der Waals surface area contributed by atoms with Crippen molar-refractivity contribution in [2.75, 3.05) is 13.1 Å². The van der Waals surface area contributed by atoms with E-state index in [0.29, 0.717) is 13.1 Å². The molecule has 1 aromatic carbocycles. The summed E-state index contributed by atoms with van der Waals surface area (Å²) in [4.78, 5) is 16.1. The van der Waals surface area contributed by atoms with Crippen LogP contribution in [0, 0.1) is 5.92 Å². The summed E-state index contributed by atoms with van der Waals surface area (Å²) in [7, 11) is 0. The Labute approximate surface area is 142 Å². The summed E-state index contributed by atoms with van der Waals surface area (Å²) >= 11 is 0. The second kappa shape index (κ2) is 8.93. The molecule has 0 saturated heterocycles. The predicted octanol–water partition coefficient (Wildman–Crippen LogP) is 2.69. The van der Waals surface area contributed by atoms with E-state index in [2.05, 4.69) is 15.6 Å². The van der Waals surface area contributed by atoms with Gasteiger partial charge in [-0.05, 0) is 36.9 Å². The highest BCUT2D eigenvalue weighted by Crippen LogP contribution is 2.27. The fraction of sp³-hybridized carbons (Fsp3) is 0.375. The van der Waals surface area contributed by atoms with E-state index in [1.54, 1.807) is 6.20 Å². The zero-order valence-corrected chi connectivity index (χ0v) is 13.9. The van der Waals surface area contributed by atoms with E-state index < -0.39 is 0 Å². The summed E-state index contributed by atoms with van der Waals surface area (Å²) in [5.41, 5.74) is 2.01. The van der Waals surface area contributed by atoms with Gasteiger partial charge in [-0.2, -0.15) is 0 Å². The average molecular weight is 342 g/mol. The third-order valence-electron chi connectivity index (χ3n) is 3.61. The molecule has 1 aliphatic carbocycles. The van der Waals surface area contributed by atoms with Crippen molar-refractivity contribution in [1.29, 1.82) is 0 Å². The van der Waals surface area contributed by atoms with Crippen LogP contribution in [0.4, 0.5) is 0 Å². The van der Waals surface area contributed by atoms with Crippen LogP contribution in [0.3, 0.4) is 0 Å². The Hall–Kier alpha value is -1.36. The van der Waals surface area contributed by atoms with Crippen molar-refractivity contribution >= 4 is 41.6 Å². The van der Waals surface area contributed by atoms with Gasteiger partial charge < -0.3 is 10.6 Å². The number of para-hydroxylation sites is 1. The number of carbonyl (C=O) groups excluding carboxylic acids is 1. The normalized spacial score (nSPS) is 13.1. The second-order valence-electron chi connectivity index (χ2n) is 5.34. The topological polar surface area (TPSA) is 54.0 Å². The van der Waals surface area contributed by atoms with Gasteiger partial charge in [0, 0.05) is 18.1 Å². The first-order valence-corrected chi connectivity index (χ1v) is 7.13. The van der Waals surface area contributed by atoms with Gasteiger partial charge in [0.15, 0.2) is 0 Å². The second-order valence-corrected chi connectivity index (χ2v) is 5.34. The SMILES string of the molecule is Cl.Cl.O=C(CNCC1CC1)NCc1cccc2cccnc12.